The molecule has 2 aromatic rings. The fourth-order valence-corrected chi connectivity index (χ4v) is 5.60. The Kier molecular flexibility index (Phi) is 7.81. The number of carbonyl (C=O) groups is 1. The van der Waals surface area contributed by atoms with E-state index in [0.29, 0.717) is 36.2 Å². The van der Waals surface area contributed by atoms with Crippen LogP contribution in [-0.4, -0.2) is 71.4 Å². The van der Waals surface area contributed by atoms with Gasteiger partial charge >= 0.3 is 0 Å². The van der Waals surface area contributed by atoms with Crippen molar-refractivity contribution >= 4 is 16.7 Å². The molecule has 1 aromatic carbocycles. The summed E-state index contributed by atoms with van der Waals surface area (Å²) in [5.74, 6) is 0.570. The van der Waals surface area contributed by atoms with Crippen molar-refractivity contribution in [2.24, 2.45) is 5.92 Å². The molecule has 7 nitrogen and oxygen atoms in total. The molecule has 2 aliphatic heterocycles. The maximum Gasteiger partial charge on any atom is 0.274 e. The van der Waals surface area contributed by atoms with Crippen LogP contribution in [0.5, 0.6) is 0 Å². The Balaban J connectivity index is 1.58. The van der Waals surface area contributed by atoms with Gasteiger partial charge in [0, 0.05) is 31.6 Å². The molecule has 1 amide bonds. The molecule has 0 spiro atoms. The van der Waals surface area contributed by atoms with Crippen LogP contribution in [0, 0.1) is 5.92 Å². The Morgan fingerprint density at radius 1 is 1.15 bits per heavy atom. The molecule has 2 saturated heterocycles. The predicted octanol–water partition coefficient (Wildman–Crippen LogP) is 3.26. The van der Waals surface area contributed by atoms with Crippen LogP contribution in [0.15, 0.2) is 29.1 Å². The van der Waals surface area contributed by atoms with E-state index >= 15 is 0 Å². The Morgan fingerprint density at radius 2 is 1.91 bits per heavy atom. The van der Waals surface area contributed by atoms with Crippen molar-refractivity contribution in [3.05, 3.63) is 40.3 Å². The Morgan fingerprint density at radius 3 is 2.67 bits per heavy atom. The van der Waals surface area contributed by atoms with E-state index in [9.17, 15) is 9.59 Å². The molecule has 2 unspecified atom stereocenters. The lowest BCUT2D eigenvalue weighted by Crippen LogP contribution is -2.52. The first kappa shape index (κ1) is 23.9. The lowest BCUT2D eigenvalue weighted by molar-refractivity contribution is -0.132. The SMILES string of the molecule is COCCN(CC1CCCN2CCCCC12)C(=O)Cc1nn(C(C)C)c(=O)c2ccccc12. The number of hydrogen-bond acceptors (Lipinski definition) is 5. The number of fused-ring (bicyclic) bond motifs is 2. The molecule has 0 bridgehead atoms. The summed E-state index contributed by atoms with van der Waals surface area (Å²) in [7, 11) is 1.68. The maximum atomic E-state index is 13.6. The molecule has 0 N–H and O–H groups in total. The van der Waals surface area contributed by atoms with Gasteiger partial charge in [-0.05, 0) is 64.6 Å². The van der Waals surface area contributed by atoms with E-state index in [-0.39, 0.29) is 23.9 Å². The average Bonchev–Trinajstić information content (AvgIpc) is 2.83. The largest absolute Gasteiger partial charge is 0.383 e. The zero-order chi connectivity index (χ0) is 23.4. The summed E-state index contributed by atoms with van der Waals surface area (Å²) in [6.45, 7) is 8.15. The van der Waals surface area contributed by atoms with E-state index in [2.05, 4.69) is 10.00 Å². The third-order valence-electron chi connectivity index (χ3n) is 7.31. The molecule has 3 heterocycles. The van der Waals surface area contributed by atoms with Gasteiger partial charge in [-0.15, -0.1) is 0 Å². The van der Waals surface area contributed by atoms with E-state index in [1.807, 2.05) is 43.0 Å². The van der Waals surface area contributed by atoms with E-state index in [1.54, 1.807) is 7.11 Å². The zero-order valence-corrected chi connectivity index (χ0v) is 20.3. The van der Waals surface area contributed by atoms with Gasteiger partial charge in [-0.25, -0.2) is 4.68 Å². The standard InChI is InChI=1S/C26H38N4O3/c1-19(2)30-26(32)22-11-5-4-10-21(22)23(27-30)17-25(31)29(15-16-33-3)18-20-9-8-14-28-13-7-6-12-24(20)28/h4-5,10-11,19-20,24H,6-9,12-18H2,1-3H3. The van der Waals surface area contributed by atoms with Gasteiger partial charge in [0.25, 0.3) is 5.56 Å². The first-order valence-corrected chi connectivity index (χ1v) is 12.5. The van der Waals surface area contributed by atoms with Crippen molar-refractivity contribution < 1.29 is 9.53 Å². The summed E-state index contributed by atoms with van der Waals surface area (Å²) in [5.41, 5.74) is 0.571. The Bertz CT molecular complexity index is 1020. The van der Waals surface area contributed by atoms with E-state index in [1.165, 1.54) is 49.9 Å². The van der Waals surface area contributed by atoms with Crippen molar-refractivity contribution in [2.45, 2.75) is 64.5 Å². The maximum absolute atomic E-state index is 13.6. The molecule has 0 saturated carbocycles. The van der Waals surface area contributed by atoms with Crippen LogP contribution in [-0.2, 0) is 16.0 Å². The molecule has 1 aromatic heterocycles. The summed E-state index contributed by atoms with van der Waals surface area (Å²) < 4.78 is 6.85. The molecule has 180 valence electrons. The van der Waals surface area contributed by atoms with Crippen LogP contribution in [0.3, 0.4) is 0 Å². The number of carbonyl (C=O) groups excluding carboxylic acids is 1. The van der Waals surface area contributed by atoms with Crippen molar-refractivity contribution in [3.63, 3.8) is 0 Å². The number of benzene rings is 1. The number of piperidine rings is 2. The molecule has 0 radical (unpaired) electrons. The highest BCUT2D eigenvalue weighted by molar-refractivity contribution is 5.88. The number of ether oxygens (including phenoxy) is 1. The lowest BCUT2D eigenvalue weighted by atomic mass is 9.83. The number of methoxy groups -OCH3 is 1. The molecule has 2 fully saturated rings. The Hall–Kier alpha value is -2.25. The van der Waals surface area contributed by atoms with Gasteiger partial charge in [-0.3, -0.25) is 9.59 Å². The number of nitrogens with zero attached hydrogens (tertiary/aromatic N) is 4. The second kappa shape index (κ2) is 10.8. The fraction of sp³-hybridized carbons (Fsp3) is 0.654. The highest BCUT2D eigenvalue weighted by Gasteiger charge is 2.34. The van der Waals surface area contributed by atoms with E-state index < -0.39 is 0 Å². The second-order valence-corrected chi connectivity index (χ2v) is 9.85. The number of amides is 1. The third-order valence-corrected chi connectivity index (χ3v) is 7.31. The van der Waals surface area contributed by atoms with Crippen LogP contribution in [0.2, 0.25) is 0 Å². The zero-order valence-electron chi connectivity index (χ0n) is 20.3. The second-order valence-electron chi connectivity index (χ2n) is 9.85. The smallest absolute Gasteiger partial charge is 0.274 e. The molecule has 7 heteroatoms. The molecule has 0 aliphatic carbocycles. The predicted molar refractivity (Wildman–Crippen MR) is 130 cm³/mol. The monoisotopic (exact) mass is 454 g/mol. The minimum Gasteiger partial charge on any atom is -0.383 e. The van der Waals surface area contributed by atoms with Crippen LogP contribution in [0.25, 0.3) is 10.8 Å². The van der Waals surface area contributed by atoms with E-state index in [0.717, 1.165) is 11.9 Å². The van der Waals surface area contributed by atoms with Gasteiger partial charge in [-0.1, -0.05) is 24.6 Å². The van der Waals surface area contributed by atoms with Gasteiger partial charge in [0.05, 0.1) is 30.1 Å². The first-order valence-electron chi connectivity index (χ1n) is 12.5. The van der Waals surface area contributed by atoms with Gasteiger partial charge in [0.2, 0.25) is 5.91 Å². The molecule has 2 aliphatic rings. The average molecular weight is 455 g/mol. The number of aromatic nitrogens is 2. The summed E-state index contributed by atoms with van der Waals surface area (Å²) in [6.07, 6.45) is 6.40. The van der Waals surface area contributed by atoms with Gasteiger partial charge in [0.1, 0.15) is 0 Å². The quantitative estimate of drug-likeness (QED) is 0.613. The normalized spacial score (nSPS) is 21.3. The number of hydrogen-bond donors (Lipinski definition) is 0. The molecular formula is C26H38N4O3. The van der Waals surface area contributed by atoms with Crippen molar-refractivity contribution in [1.82, 2.24) is 19.6 Å². The van der Waals surface area contributed by atoms with E-state index in [4.69, 9.17) is 4.74 Å². The fourth-order valence-electron chi connectivity index (χ4n) is 5.60. The topological polar surface area (TPSA) is 67.7 Å². The van der Waals surface area contributed by atoms with Crippen molar-refractivity contribution in [2.75, 3.05) is 39.9 Å². The minimum atomic E-state index is -0.104. The first-order chi connectivity index (χ1) is 16.0. The molecule has 33 heavy (non-hydrogen) atoms. The van der Waals surface area contributed by atoms with Crippen LogP contribution in [0.4, 0.5) is 0 Å². The van der Waals surface area contributed by atoms with Gasteiger partial charge in [0.15, 0.2) is 0 Å². The van der Waals surface area contributed by atoms with Gasteiger partial charge < -0.3 is 14.5 Å². The number of rotatable bonds is 8. The molecular weight excluding hydrogens is 416 g/mol. The Labute approximate surface area is 196 Å². The summed E-state index contributed by atoms with van der Waals surface area (Å²) in [6, 6.07) is 8.02. The summed E-state index contributed by atoms with van der Waals surface area (Å²) >= 11 is 0. The lowest BCUT2D eigenvalue weighted by Gasteiger charge is -2.45. The minimum absolute atomic E-state index is 0.0617. The van der Waals surface area contributed by atoms with Crippen molar-refractivity contribution in [3.8, 4) is 0 Å². The van der Waals surface area contributed by atoms with Crippen LogP contribution in [0.1, 0.15) is 57.7 Å². The highest BCUT2D eigenvalue weighted by atomic mass is 16.5. The summed E-state index contributed by atoms with van der Waals surface area (Å²) in [4.78, 5) is 31.1. The molecule has 4 rings (SSSR count). The third kappa shape index (κ3) is 5.30. The molecule has 2 atom stereocenters. The highest BCUT2D eigenvalue weighted by Crippen LogP contribution is 2.31. The van der Waals surface area contributed by atoms with Gasteiger partial charge in [-0.2, -0.15) is 5.10 Å². The van der Waals surface area contributed by atoms with Crippen molar-refractivity contribution in [1.29, 1.82) is 0 Å². The van der Waals surface area contributed by atoms with Crippen LogP contribution < -0.4 is 5.56 Å². The summed E-state index contributed by atoms with van der Waals surface area (Å²) in [5, 5.41) is 6.03. The van der Waals surface area contributed by atoms with Crippen LogP contribution >= 0.6 is 0 Å².